The maximum absolute atomic E-state index is 2.64. The van der Waals surface area contributed by atoms with Gasteiger partial charge in [0.1, 0.15) is 0 Å². The van der Waals surface area contributed by atoms with Crippen LogP contribution in [0.1, 0.15) is 88.5 Å². The van der Waals surface area contributed by atoms with Crippen molar-refractivity contribution >= 4 is 17.1 Å². The van der Waals surface area contributed by atoms with Crippen LogP contribution in [0.5, 0.6) is 0 Å². The van der Waals surface area contributed by atoms with Gasteiger partial charge < -0.3 is 4.90 Å². The normalized spacial score (nSPS) is 27.9. The molecule has 0 aliphatic heterocycles. The van der Waals surface area contributed by atoms with E-state index in [1.807, 2.05) is 0 Å². The molecular formula is C47H47N. The third-order valence-corrected chi connectivity index (χ3v) is 13.9. The van der Waals surface area contributed by atoms with E-state index in [4.69, 9.17) is 0 Å². The molecule has 1 nitrogen and oxygen atoms in total. The molecule has 0 N–H and O–H groups in total. The van der Waals surface area contributed by atoms with Crippen molar-refractivity contribution in [2.75, 3.05) is 4.90 Å². The predicted molar refractivity (Wildman–Crippen MR) is 200 cm³/mol. The lowest BCUT2D eigenvalue weighted by molar-refractivity contribution is 0.191. The van der Waals surface area contributed by atoms with Crippen molar-refractivity contribution in [3.63, 3.8) is 0 Å². The molecule has 5 atom stereocenters. The first-order valence-electron chi connectivity index (χ1n) is 18.6. The predicted octanol–water partition coefficient (Wildman–Crippen LogP) is 12.5. The Hall–Kier alpha value is -4.10. The number of nitrogens with zero attached hydrogens (tertiary/aromatic N) is 1. The average molecular weight is 626 g/mol. The number of hydrogen-bond donors (Lipinski definition) is 0. The Morgan fingerprint density at radius 2 is 1.25 bits per heavy atom. The number of fused-ring (bicyclic) bond motifs is 4. The first-order chi connectivity index (χ1) is 23.3. The van der Waals surface area contributed by atoms with Crippen molar-refractivity contribution in [3.8, 4) is 22.3 Å². The molecule has 0 aromatic heterocycles. The molecule has 5 aromatic rings. The van der Waals surface area contributed by atoms with Crippen molar-refractivity contribution in [2.24, 2.45) is 23.7 Å². The van der Waals surface area contributed by atoms with Gasteiger partial charge in [0, 0.05) is 22.4 Å². The van der Waals surface area contributed by atoms with Gasteiger partial charge in [-0.3, -0.25) is 0 Å². The van der Waals surface area contributed by atoms with E-state index in [9.17, 15) is 0 Å². The fourth-order valence-electron chi connectivity index (χ4n) is 11.8. The molecule has 240 valence electrons. The first-order valence-corrected chi connectivity index (χ1v) is 18.6. The minimum absolute atomic E-state index is 0.118. The fraction of sp³-hybridized carbons (Fsp3) is 0.362. The van der Waals surface area contributed by atoms with Crippen molar-refractivity contribution in [3.05, 3.63) is 138 Å². The molecule has 5 unspecified atom stereocenters. The van der Waals surface area contributed by atoms with Crippen LogP contribution in [0.4, 0.5) is 17.1 Å². The first kappa shape index (κ1) is 28.9. The molecule has 0 radical (unpaired) electrons. The molecule has 0 heterocycles. The lowest BCUT2D eigenvalue weighted by Crippen LogP contribution is -2.40. The van der Waals surface area contributed by atoms with Crippen LogP contribution in [-0.4, -0.2) is 0 Å². The van der Waals surface area contributed by atoms with E-state index in [-0.39, 0.29) is 16.2 Å². The summed E-state index contributed by atoms with van der Waals surface area (Å²) in [6.07, 6.45) is 8.08. The van der Waals surface area contributed by atoms with Crippen molar-refractivity contribution in [1.29, 1.82) is 0 Å². The fourth-order valence-corrected chi connectivity index (χ4v) is 11.8. The zero-order valence-electron chi connectivity index (χ0n) is 29.0. The number of rotatable bonds is 4. The molecule has 48 heavy (non-hydrogen) atoms. The minimum atomic E-state index is 0.118. The van der Waals surface area contributed by atoms with Crippen LogP contribution >= 0.6 is 0 Å². The lowest BCUT2D eigenvalue weighted by atomic mass is 9.59. The molecule has 5 aromatic carbocycles. The largest absolute Gasteiger partial charge is 0.310 e. The summed E-state index contributed by atoms with van der Waals surface area (Å²) in [5, 5.41) is 0. The van der Waals surface area contributed by atoms with Crippen LogP contribution in [0.3, 0.4) is 0 Å². The summed E-state index contributed by atoms with van der Waals surface area (Å²) in [6.45, 7) is 9.78. The van der Waals surface area contributed by atoms with Gasteiger partial charge in [-0.15, -0.1) is 0 Å². The van der Waals surface area contributed by atoms with Crippen molar-refractivity contribution in [1.82, 2.24) is 0 Å². The lowest BCUT2D eigenvalue weighted by Gasteiger charge is -2.44. The molecule has 1 spiro atoms. The molecule has 1 heteroatoms. The highest BCUT2D eigenvalue weighted by Gasteiger charge is 2.66. The van der Waals surface area contributed by atoms with Crippen molar-refractivity contribution < 1.29 is 0 Å². The second kappa shape index (κ2) is 9.97. The summed E-state index contributed by atoms with van der Waals surface area (Å²) in [6, 6.07) is 44.6. The number of anilines is 3. The van der Waals surface area contributed by atoms with Crippen LogP contribution in [-0.2, 0) is 16.2 Å². The maximum atomic E-state index is 2.64. The summed E-state index contributed by atoms with van der Waals surface area (Å²) < 4.78 is 0. The van der Waals surface area contributed by atoms with Gasteiger partial charge >= 0.3 is 0 Å². The quantitative estimate of drug-likeness (QED) is 0.192. The Morgan fingerprint density at radius 1 is 0.542 bits per heavy atom. The van der Waals surface area contributed by atoms with Gasteiger partial charge in [-0.2, -0.15) is 0 Å². The minimum Gasteiger partial charge on any atom is -0.310 e. The molecule has 11 rings (SSSR count). The second-order valence-corrected chi connectivity index (χ2v) is 17.2. The van der Waals surface area contributed by atoms with E-state index in [0.29, 0.717) is 0 Å². The summed E-state index contributed by atoms with van der Waals surface area (Å²) in [7, 11) is 0. The van der Waals surface area contributed by atoms with Crippen LogP contribution in [0.25, 0.3) is 22.3 Å². The van der Waals surface area contributed by atoms with E-state index in [0.717, 1.165) is 23.7 Å². The molecule has 0 saturated heterocycles. The molecule has 4 bridgehead atoms. The zero-order valence-corrected chi connectivity index (χ0v) is 29.0. The van der Waals surface area contributed by atoms with Crippen LogP contribution < -0.4 is 4.90 Å². The third-order valence-electron chi connectivity index (χ3n) is 13.9. The highest BCUT2D eigenvalue weighted by atomic mass is 15.1. The summed E-state index contributed by atoms with van der Waals surface area (Å²) in [5.74, 6) is 3.28. The van der Waals surface area contributed by atoms with Crippen molar-refractivity contribution in [2.45, 2.75) is 82.5 Å². The number of hydrogen-bond acceptors (Lipinski definition) is 1. The summed E-state index contributed by atoms with van der Waals surface area (Å²) in [4.78, 5) is 2.61. The Kier molecular flexibility index (Phi) is 6.00. The van der Waals surface area contributed by atoms with Gasteiger partial charge in [-0.1, -0.05) is 107 Å². The third kappa shape index (κ3) is 3.85. The topological polar surface area (TPSA) is 3.24 Å². The molecule has 0 amide bonds. The van der Waals surface area contributed by atoms with Gasteiger partial charge in [-0.05, 0) is 148 Å². The van der Waals surface area contributed by atoms with E-state index >= 15 is 0 Å². The summed E-state index contributed by atoms with van der Waals surface area (Å²) >= 11 is 0. The van der Waals surface area contributed by atoms with Crippen LogP contribution in [0.15, 0.2) is 115 Å². The van der Waals surface area contributed by atoms with Gasteiger partial charge in [0.15, 0.2) is 0 Å². The SMILES string of the molecule is CC1(C)CCC(C)(C)c2cc(N(c3ccccc3)c3cc(-c4ccccc4)cc4c3-c3ccccc3C43C4CC5CC(C4)C3C5)ccc21. The molecule has 4 saturated carbocycles. The van der Waals surface area contributed by atoms with Gasteiger partial charge in [-0.25, -0.2) is 0 Å². The zero-order chi connectivity index (χ0) is 32.4. The monoisotopic (exact) mass is 625 g/mol. The van der Waals surface area contributed by atoms with E-state index in [1.165, 1.54) is 89.0 Å². The summed E-state index contributed by atoms with van der Waals surface area (Å²) in [5.41, 5.74) is 16.1. The Morgan fingerprint density at radius 3 is 2.02 bits per heavy atom. The van der Waals surface area contributed by atoms with Crippen LogP contribution in [0.2, 0.25) is 0 Å². The number of para-hydroxylation sites is 1. The highest BCUT2D eigenvalue weighted by molar-refractivity contribution is 5.98. The van der Waals surface area contributed by atoms with E-state index in [1.54, 1.807) is 11.1 Å². The average Bonchev–Trinajstić information content (AvgIpc) is 3.65. The maximum Gasteiger partial charge on any atom is 0.0549 e. The molecule has 4 fully saturated rings. The molecular weight excluding hydrogens is 579 g/mol. The highest BCUT2D eigenvalue weighted by Crippen LogP contribution is 2.74. The Bertz CT molecular complexity index is 2070. The Labute approximate surface area is 287 Å². The number of benzene rings is 5. The molecule has 6 aliphatic rings. The van der Waals surface area contributed by atoms with E-state index < -0.39 is 0 Å². The molecule has 6 aliphatic carbocycles. The standard InChI is InChI=1S/C47H47N/c1-45(2)21-22-46(3,4)41-29-36(19-20-39(41)45)48(35-15-9-6-10-16-35)43-28-32(31-13-7-5-8-14-31)27-42-44(43)37-17-11-12-18-38(37)47(42)34-24-30-23-33(26-34)40(47)25-30/h5-20,27-30,33-34,40H,21-26H2,1-4H3. The van der Waals surface area contributed by atoms with Gasteiger partial charge in [0.25, 0.3) is 0 Å². The second-order valence-electron chi connectivity index (χ2n) is 17.2. The van der Waals surface area contributed by atoms with E-state index in [2.05, 4.69) is 148 Å². The van der Waals surface area contributed by atoms with Gasteiger partial charge in [0.05, 0.1) is 5.69 Å². The Balaban J connectivity index is 1.29. The smallest absolute Gasteiger partial charge is 0.0549 e. The van der Waals surface area contributed by atoms with Crippen LogP contribution in [0, 0.1) is 23.7 Å². The van der Waals surface area contributed by atoms with Gasteiger partial charge in [0.2, 0.25) is 0 Å².